The van der Waals surface area contributed by atoms with E-state index in [9.17, 15) is 9.59 Å². The SMILES string of the molecule is COc1ccc([C@@H]2[C-]3CN(C(=O)c4ccc(C)c(NC(=O)c5ccc(CC(C)C)nc5)c4)C[C@H]32)cc1.[Y]. The topological polar surface area (TPSA) is 71.5 Å². The predicted octanol–water partition coefficient (Wildman–Crippen LogP) is 5.29. The van der Waals surface area contributed by atoms with Crippen LogP contribution in [0.2, 0.25) is 0 Å². The molecular formula is C30H32N3O3Y-. The fraction of sp³-hybridized carbons (Fsp3) is 0.333. The van der Waals surface area contributed by atoms with E-state index < -0.39 is 0 Å². The molecule has 3 aromatic rings. The molecule has 6 nitrogen and oxygen atoms in total. The van der Waals surface area contributed by atoms with E-state index in [0.29, 0.717) is 41.1 Å². The molecule has 2 aromatic carbocycles. The van der Waals surface area contributed by atoms with Crippen LogP contribution in [0.5, 0.6) is 5.75 Å². The molecule has 7 heteroatoms. The average molecular weight is 572 g/mol. The molecule has 2 aliphatic rings. The number of amides is 2. The first kappa shape index (κ1) is 27.5. The Morgan fingerprint density at radius 1 is 1.11 bits per heavy atom. The summed E-state index contributed by atoms with van der Waals surface area (Å²) in [5, 5.41) is 2.96. The number of carbonyl (C=O) groups excluding carboxylic acids is 2. The van der Waals surface area contributed by atoms with Gasteiger partial charge in [0.15, 0.2) is 0 Å². The zero-order valence-corrected chi connectivity index (χ0v) is 24.7. The van der Waals surface area contributed by atoms with E-state index >= 15 is 0 Å². The summed E-state index contributed by atoms with van der Waals surface area (Å²) < 4.78 is 5.26. The van der Waals surface area contributed by atoms with Crippen molar-refractivity contribution in [3.05, 3.63) is 94.7 Å². The predicted molar refractivity (Wildman–Crippen MR) is 140 cm³/mol. The fourth-order valence-electron chi connectivity index (χ4n) is 5.11. The number of ether oxygens (including phenoxy) is 1. The van der Waals surface area contributed by atoms with Crippen LogP contribution in [0.3, 0.4) is 0 Å². The number of likely N-dealkylation sites (tertiary alicyclic amines) is 1. The number of hydrogen-bond donors (Lipinski definition) is 1. The van der Waals surface area contributed by atoms with Gasteiger partial charge in [-0.3, -0.25) is 20.5 Å². The van der Waals surface area contributed by atoms with Crippen LogP contribution in [0, 0.1) is 24.7 Å². The first-order valence-electron chi connectivity index (χ1n) is 12.5. The summed E-state index contributed by atoms with van der Waals surface area (Å²) in [4.78, 5) is 32.4. The van der Waals surface area contributed by atoms with Crippen LogP contribution < -0.4 is 10.1 Å². The number of aryl methyl sites for hydroxylation is 1. The van der Waals surface area contributed by atoms with Crippen LogP contribution in [-0.4, -0.2) is 41.9 Å². The molecule has 1 radical (unpaired) electrons. The molecule has 1 aliphatic carbocycles. The Labute approximate surface area is 244 Å². The van der Waals surface area contributed by atoms with Crippen LogP contribution in [0.25, 0.3) is 0 Å². The van der Waals surface area contributed by atoms with Gasteiger partial charge in [0.25, 0.3) is 11.8 Å². The van der Waals surface area contributed by atoms with Gasteiger partial charge in [-0.25, -0.2) is 0 Å². The Morgan fingerprint density at radius 2 is 1.84 bits per heavy atom. The standard InChI is InChI=1S/C30H32N3O3.Y/c1-18(2)13-23-10-7-22(15-31-23)29(34)32-27-14-21(6-5-19(27)3)30(35)33-16-25-26(17-33)28(25)20-8-11-24(36-4)12-9-20;/h5-12,14-15,18,25,28H,13,16-17H2,1-4H3,(H,32,34);/q-1;/t25-,28+;/m1./s1. The molecule has 1 saturated carbocycles. The summed E-state index contributed by atoms with van der Waals surface area (Å²) in [7, 11) is 1.67. The van der Waals surface area contributed by atoms with E-state index in [2.05, 4.69) is 36.3 Å². The number of nitrogens with zero attached hydrogens (tertiary/aromatic N) is 2. The quantitative estimate of drug-likeness (QED) is 0.392. The number of rotatable bonds is 7. The number of methoxy groups -OCH3 is 1. The van der Waals surface area contributed by atoms with Gasteiger partial charge in [0.2, 0.25) is 0 Å². The van der Waals surface area contributed by atoms with Crippen molar-refractivity contribution in [2.24, 2.45) is 11.8 Å². The second-order valence-electron chi connectivity index (χ2n) is 10.2. The minimum Gasteiger partial charge on any atom is -0.497 e. The third-order valence-corrected chi connectivity index (χ3v) is 7.16. The van der Waals surface area contributed by atoms with Crippen LogP contribution in [0.4, 0.5) is 5.69 Å². The molecule has 1 N–H and O–H groups in total. The number of hydrogen-bond acceptors (Lipinski definition) is 4. The van der Waals surface area contributed by atoms with Crippen LogP contribution in [0.15, 0.2) is 60.8 Å². The molecule has 0 spiro atoms. The first-order chi connectivity index (χ1) is 17.3. The van der Waals surface area contributed by atoms with Crippen LogP contribution >= 0.6 is 0 Å². The smallest absolute Gasteiger partial charge is 0.257 e. The molecule has 37 heavy (non-hydrogen) atoms. The van der Waals surface area contributed by atoms with Crippen LogP contribution in [0.1, 0.15) is 57.3 Å². The minimum atomic E-state index is -0.230. The molecule has 1 saturated heterocycles. The summed E-state index contributed by atoms with van der Waals surface area (Å²) in [6.45, 7) is 7.62. The van der Waals surface area contributed by atoms with Crippen molar-refractivity contribution < 1.29 is 47.0 Å². The molecule has 1 aliphatic heterocycles. The van der Waals surface area contributed by atoms with Crippen molar-refractivity contribution in [3.8, 4) is 5.75 Å². The number of aromatic nitrogens is 1. The zero-order valence-electron chi connectivity index (χ0n) is 21.8. The van der Waals surface area contributed by atoms with E-state index in [4.69, 9.17) is 4.74 Å². The largest absolute Gasteiger partial charge is 0.497 e. The number of carbonyl (C=O) groups is 2. The third-order valence-electron chi connectivity index (χ3n) is 7.16. The monoisotopic (exact) mass is 571 g/mol. The minimum absolute atomic E-state index is 0. The van der Waals surface area contributed by atoms with E-state index in [1.165, 1.54) is 11.5 Å². The Hall–Kier alpha value is -2.57. The molecule has 0 bridgehead atoms. The number of anilines is 1. The van der Waals surface area contributed by atoms with Crippen molar-refractivity contribution in [2.75, 3.05) is 25.5 Å². The molecule has 189 valence electrons. The maximum absolute atomic E-state index is 13.3. The summed E-state index contributed by atoms with van der Waals surface area (Å²) in [5.41, 5.74) is 4.90. The molecule has 2 amide bonds. The second-order valence-corrected chi connectivity index (χ2v) is 10.2. The van der Waals surface area contributed by atoms with Gasteiger partial charge in [-0.05, 0) is 67.8 Å². The number of piperidine rings is 1. The number of fused-ring (bicyclic) bond motifs is 1. The van der Waals surface area contributed by atoms with Gasteiger partial charge in [-0.15, -0.1) is 0 Å². The molecule has 2 atom stereocenters. The van der Waals surface area contributed by atoms with Crippen molar-refractivity contribution in [3.63, 3.8) is 0 Å². The molecule has 0 unspecified atom stereocenters. The average Bonchev–Trinajstić information content (AvgIpc) is 3.37. The maximum atomic E-state index is 13.3. The van der Waals surface area contributed by atoms with Gasteiger partial charge in [0.05, 0.1) is 12.7 Å². The first-order valence-corrected chi connectivity index (χ1v) is 12.5. The normalized spacial score (nSPS) is 18.2. The number of pyridine rings is 1. The van der Waals surface area contributed by atoms with Crippen LogP contribution in [-0.2, 0) is 39.1 Å². The van der Waals surface area contributed by atoms with E-state index in [1.807, 2.05) is 42.2 Å². The van der Waals surface area contributed by atoms with Crippen molar-refractivity contribution in [1.82, 2.24) is 9.88 Å². The van der Waals surface area contributed by atoms with Gasteiger partial charge in [0, 0.05) is 55.9 Å². The van der Waals surface area contributed by atoms with E-state index in [0.717, 1.165) is 30.0 Å². The summed E-state index contributed by atoms with van der Waals surface area (Å²) in [5.74, 6) is 3.42. The molecular weight excluding hydrogens is 539 g/mol. The van der Waals surface area contributed by atoms with Gasteiger partial charge in [-0.1, -0.05) is 44.2 Å². The van der Waals surface area contributed by atoms with Crippen molar-refractivity contribution in [2.45, 2.75) is 33.1 Å². The summed E-state index contributed by atoms with van der Waals surface area (Å²) in [6.07, 6.45) is 2.49. The maximum Gasteiger partial charge on any atom is 0.257 e. The number of nitrogens with one attached hydrogen (secondary N) is 1. The molecule has 2 fully saturated rings. The fourth-order valence-corrected chi connectivity index (χ4v) is 5.11. The van der Waals surface area contributed by atoms with Crippen molar-refractivity contribution in [1.29, 1.82) is 0 Å². The molecule has 2 heterocycles. The molecule has 1 aromatic heterocycles. The third kappa shape index (κ3) is 5.96. The Morgan fingerprint density at radius 3 is 2.43 bits per heavy atom. The molecule has 5 rings (SSSR count). The summed E-state index contributed by atoms with van der Waals surface area (Å²) in [6, 6.07) is 17.4. The van der Waals surface area contributed by atoms with Gasteiger partial charge in [-0.2, -0.15) is 11.8 Å². The Balaban J connectivity index is 0.00000320. The Kier molecular flexibility index (Phi) is 8.50. The Bertz CT molecular complexity index is 1260. The number of benzene rings is 2. The van der Waals surface area contributed by atoms with Crippen molar-refractivity contribution >= 4 is 17.5 Å². The van der Waals surface area contributed by atoms with Gasteiger partial charge < -0.3 is 15.0 Å². The van der Waals surface area contributed by atoms with E-state index in [1.54, 1.807) is 25.4 Å². The zero-order chi connectivity index (χ0) is 25.4. The second kappa shape index (κ2) is 11.4. The van der Waals surface area contributed by atoms with E-state index in [-0.39, 0.29) is 44.5 Å². The summed E-state index contributed by atoms with van der Waals surface area (Å²) >= 11 is 0. The van der Waals surface area contributed by atoms with Gasteiger partial charge >= 0.3 is 0 Å². The van der Waals surface area contributed by atoms with Gasteiger partial charge in [0.1, 0.15) is 5.75 Å².